The van der Waals surface area contributed by atoms with Gasteiger partial charge in [-0.15, -0.1) is 0 Å². The quantitative estimate of drug-likeness (QED) is 0.709. The average molecular weight is 361 g/mol. The lowest BCUT2D eigenvalue weighted by molar-refractivity contribution is 0.646. The molecule has 0 aliphatic carbocycles. The van der Waals surface area contributed by atoms with Crippen molar-refractivity contribution in [3.05, 3.63) is 43.1 Å². The van der Waals surface area contributed by atoms with E-state index in [1.807, 2.05) is 6.20 Å². The van der Waals surface area contributed by atoms with Crippen molar-refractivity contribution in [3.8, 4) is 0 Å². The van der Waals surface area contributed by atoms with Gasteiger partial charge in [0.05, 0.1) is 11.7 Å². The van der Waals surface area contributed by atoms with Crippen LogP contribution in [0.1, 0.15) is 12.8 Å². The van der Waals surface area contributed by atoms with E-state index in [1.165, 1.54) is 18.5 Å². The molecular weight excluding hydrogens is 338 g/mol. The molecule has 0 amide bonds. The first-order chi connectivity index (χ1) is 13.4. The first-order valence-electron chi connectivity index (χ1n) is 9.64. The molecule has 2 aliphatic rings. The molecule has 138 valence electrons. The van der Waals surface area contributed by atoms with Crippen molar-refractivity contribution in [1.29, 1.82) is 0 Å². The van der Waals surface area contributed by atoms with Gasteiger partial charge in [0.2, 0.25) is 0 Å². The fourth-order valence-electron chi connectivity index (χ4n) is 4.06. The van der Waals surface area contributed by atoms with Gasteiger partial charge in [0, 0.05) is 62.7 Å². The number of aromatic nitrogens is 4. The van der Waals surface area contributed by atoms with Gasteiger partial charge in [-0.2, -0.15) is 0 Å². The first kappa shape index (κ1) is 16.2. The van der Waals surface area contributed by atoms with Gasteiger partial charge in [0.15, 0.2) is 0 Å². The van der Waals surface area contributed by atoms with Crippen LogP contribution in [-0.4, -0.2) is 59.2 Å². The van der Waals surface area contributed by atoms with E-state index >= 15 is 0 Å². The number of fused-ring (bicyclic) bond motifs is 1. The van der Waals surface area contributed by atoms with Crippen molar-refractivity contribution in [2.45, 2.75) is 12.8 Å². The lowest BCUT2D eigenvalue weighted by Crippen LogP contribution is -2.46. The maximum Gasteiger partial charge on any atom is 0.147 e. The van der Waals surface area contributed by atoms with Crippen LogP contribution in [0.5, 0.6) is 0 Å². The molecule has 1 aromatic carbocycles. The fourth-order valence-corrected chi connectivity index (χ4v) is 4.06. The highest BCUT2D eigenvalue weighted by molar-refractivity contribution is 5.92. The SMILES string of the molecule is c1cnc(N2CCN(c3ccc4ncnc(N5CCCC5)c4c3)CC2)cn1. The summed E-state index contributed by atoms with van der Waals surface area (Å²) in [5.74, 6) is 2.04. The molecule has 2 fully saturated rings. The molecule has 2 aliphatic heterocycles. The van der Waals surface area contributed by atoms with Crippen LogP contribution < -0.4 is 14.7 Å². The van der Waals surface area contributed by atoms with E-state index in [0.717, 1.165) is 61.8 Å². The highest BCUT2D eigenvalue weighted by Gasteiger charge is 2.21. The highest BCUT2D eigenvalue weighted by atomic mass is 15.3. The number of hydrogen-bond donors (Lipinski definition) is 0. The summed E-state index contributed by atoms with van der Waals surface area (Å²) in [6, 6.07) is 6.57. The van der Waals surface area contributed by atoms with Crippen LogP contribution in [0.15, 0.2) is 43.1 Å². The van der Waals surface area contributed by atoms with Crippen molar-refractivity contribution >= 4 is 28.2 Å². The average Bonchev–Trinajstić information content (AvgIpc) is 3.28. The molecule has 2 saturated heterocycles. The minimum atomic E-state index is 0.945. The van der Waals surface area contributed by atoms with Gasteiger partial charge < -0.3 is 14.7 Å². The Kier molecular flexibility index (Phi) is 4.20. The lowest BCUT2D eigenvalue weighted by Gasteiger charge is -2.36. The van der Waals surface area contributed by atoms with Crippen molar-refractivity contribution in [1.82, 2.24) is 19.9 Å². The highest BCUT2D eigenvalue weighted by Crippen LogP contribution is 2.30. The largest absolute Gasteiger partial charge is 0.368 e. The molecule has 0 spiro atoms. The molecule has 2 aromatic heterocycles. The summed E-state index contributed by atoms with van der Waals surface area (Å²) < 4.78 is 0. The summed E-state index contributed by atoms with van der Waals surface area (Å²) in [6.45, 7) is 6.01. The zero-order valence-corrected chi connectivity index (χ0v) is 15.3. The molecule has 5 rings (SSSR count). The molecule has 0 radical (unpaired) electrons. The Labute approximate surface area is 158 Å². The molecule has 27 heavy (non-hydrogen) atoms. The number of nitrogens with zero attached hydrogens (tertiary/aromatic N) is 7. The van der Waals surface area contributed by atoms with Gasteiger partial charge in [-0.3, -0.25) is 4.98 Å². The summed E-state index contributed by atoms with van der Waals surface area (Å²) in [7, 11) is 0. The Morgan fingerprint density at radius 2 is 1.56 bits per heavy atom. The van der Waals surface area contributed by atoms with Crippen LogP contribution in [0.4, 0.5) is 17.3 Å². The van der Waals surface area contributed by atoms with Crippen LogP contribution in [0.25, 0.3) is 10.9 Å². The number of rotatable bonds is 3. The second-order valence-electron chi connectivity index (χ2n) is 7.13. The number of benzene rings is 1. The molecule has 0 unspecified atom stereocenters. The van der Waals surface area contributed by atoms with Gasteiger partial charge >= 0.3 is 0 Å². The van der Waals surface area contributed by atoms with Gasteiger partial charge in [-0.1, -0.05) is 0 Å². The molecule has 4 heterocycles. The van der Waals surface area contributed by atoms with Crippen molar-refractivity contribution < 1.29 is 0 Å². The minimum absolute atomic E-state index is 0.945. The normalized spacial score (nSPS) is 17.7. The maximum absolute atomic E-state index is 4.60. The van der Waals surface area contributed by atoms with E-state index in [-0.39, 0.29) is 0 Å². The van der Waals surface area contributed by atoms with Crippen LogP contribution in [0, 0.1) is 0 Å². The van der Waals surface area contributed by atoms with Gasteiger partial charge in [-0.05, 0) is 31.0 Å². The number of hydrogen-bond acceptors (Lipinski definition) is 7. The molecular formula is C20H23N7. The minimum Gasteiger partial charge on any atom is -0.368 e. The number of piperazine rings is 1. The van der Waals surface area contributed by atoms with E-state index in [2.05, 4.69) is 52.8 Å². The molecule has 7 heteroatoms. The standard InChI is InChI=1S/C20H23N7/c1-2-8-27(7-1)20-17-13-16(3-4-18(17)23-15-24-20)25-9-11-26(12-10-25)19-14-21-5-6-22-19/h3-6,13-15H,1-2,7-12H2. The summed E-state index contributed by atoms with van der Waals surface area (Å²) in [6.07, 6.45) is 9.49. The summed E-state index contributed by atoms with van der Waals surface area (Å²) >= 11 is 0. The summed E-state index contributed by atoms with van der Waals surface area (Å²) in [5.41, 5.74) is 2.27. The van der Waals surface area contributed by atoms with E-state index in [9.17, 15) is 0 Å². The summed E-state index contributed by atoms with van der Waals surface area (Å²) in [5, 5.41) is 1.16. The van der Waals surface area contributed by atoms with E-state index in [4.69, 9.17) is 0 Å². The zero-order valence-electron chi connectivity index (χ0n) is 15.3. The van der Waals surface area contributed by atoms with Crippen molar-refractivity contribution in [2.24, 2.45) is 0 Å². The fraction of sp³-hybridized carbons (Fsp3) is 0.400. The topological polar surface area (TPSA) is 61.3 Å². The van der Waals surface area contributed by atoms with Crippen LogP contribution in [0.2, 0.25) is 0 Å². The van der Waals surface area contributed by atoms with E-state index < -0.39 is 0 Å². The van der Waals surface area contributed by atoms with Crippen molar-refractivity contribution in [3.63, 3.8) is 0 Å². The third kappa shape index (κ3) is 3.13. The van der Waals surface area contributed by atoms with Crippen molar-refractivity contribution in [2.75, 3.05) is 54.0 Å². The maximum atomic E-state index is 4.60. The van der Waals surface area contributed by atoms with Gasteiger partial charge in [0.1, 0.15) is 18.0 Å². The Balaban J connectivity index is 1.38. The zero-order chi connectivity index (χ0) is 18.1. The molecule has 0 N–H and O–H groups in total. The Hall–Kier alpha value is -2.96. The predicted octanol–water partition coefficient (Wildman–Crippen LogP) is 2.35. The van der Waals surface area contributed by atoms with Gasteiger partial charge in [-0.25, -0.2) is 15.0 Å². The third-order valence-electron chi connectivity index (χ3n) is 5.52. The monoisotopic (exact) mass is 361 g/mol. The molecule has 7 nitrogen and oxygen atoms in total. The van der Waals surface area contributed by atoms with Crippen LogP contribution in [0.3, 0.4) is 0 Å². The molecule has 3 aromatic rings. The predicted molar refractivity (Wildman–Crippen MR) is 107 cm³/mol. The molecule has 0 bridgehead atoms. The second kappa shape index (κ2) is 6.98. The lowest BCUT2D eigenvalue weighted by atomic mass is 10.1. The molecule has 0 atom stereocenters. The number of anilines is 3. The van der Waals surface area contributed by atoms with E-state index in [0.29, 0.717) is 0 Å². The Morgan fingerprint density at radius 1 is 0.741 bits per heavy atom. The Bertz CT molecular complexity index is 916. The van der Waals surface area contributed by atoms with Gasteiger partial charge in [0.25, 0.3) is 0 Å². The molecule has 0 saturated carbocycles. The Morgan fingerprint density at radius 3 is 2.33 bits per heavy atom. The summed E-state index contributed by atoms with van der Waals surface area (Å²) in [4.78, 5) is 24.8. The third-order valence-corrected chi connectivity index (χ3v) is 5.52. The smallest absolute Gasteiger partial charge is 0.147 e. The van der Waals surface area contributed by atoms with E-state index in [1.54, 1.807) is 18.7 Å². The van der Waals surface area contributed by atoms with Crippen LogP contribution in [-0.2, 0) is 0 Å². The first-order valence-corrected chi connectivity index (χ1v) is 9.64. The van der Waals surface area contributed by atoms with Crippen LogP contribution >= 0.6 is 0 Å². The second-order valence-corrected chi connectivity index (χ2v) is 7.13.